The molecule has 0 saturated carbocycles. The fourth-order valence-electron chi connectivity index (χ4n) is 6.16. The topological polar surface area (TPSA) is 72.8 Å². The molecule has 0 aromatic heterocycles. The van der Waals surface area contributed by atoms with Gasteiger partial charge in [-0.05, 0) is 25.7 Å². The highest BCUT2D eigenvalue weighted by Crippen LogP contribution is 2.17. The van der Waals surface area contributed by atoms with E-state index in [-0.39, 0.29) is 18.5 Å². The Bertz CT molecular complexity index is 712. The molecular weight excluding hydrogens is 605 g/mol. The molecule has 2 unspecified atom stereocenters. The number of hydrogen-bond acceptors (Lipinski definition) is 6. The second-order valence-electron chi connectivity index (χ2n) is 14.1. The van der Waals surface area contributed by atoms with Crippen LogP contribution in [0.2, 0.25) is 0 Å². The summed E-state index contributed by atoms with van der Waals surface area (Å²) in [5.74, 6) is -0.625. The molecule has 0 radical (unpaired) electrons. The molecule has 0 spiro atoms. The van der Waals surface area contributed by atoms with Crippen LogP contribution in [-0.2, 0) is 19.1 Å². The summed E-state index contributed by atoms with van der Waals surface area (Å²) < 4.78 is 11.2. The molecule has 0 aliphatic heterocycles. The highest BCUT2D eigenvalue weighted by molar-refractivity contribution is 7.80. The predicted octanol–water partition coefficient (Wildman–Crippen LogP) is 12.7. The van der Waals surface area contributed by atoms with Gasteiger partial charge in [0, 0.05) is 17.7 Å². The van der Waals surface area contributed by atoms with Gasteiger partial charge in [-0.2, -0.15) is 0 Å². The first-order valence-electron chi connectivity index (χ1n) is 20.5. The minimum absolute atomic E-state index is 0.190. The lowest BCUT2D eigenvalue weighted by Crippen LogP contribution is -2.40. The Balaban J connectivity index is 4.48. The summed E-state index contributed by atoms with van der Waals surface area (Å²) in [4.78, 5) is 25.7. The molecule has 0 aliphatic rings. The number of hydrogen-bond donors (Lipinski definition) is 1. The van der Waals surface area contributed by atoms with Crippen LogP contribution in [0.3, 0.4) is 0 Å². The van der Waals surface area contributed by atoms with E-state index < -0.39 is 12.2 Å². The Labute approximate surface area is 297 Å². The predicted molar refractivity (Wildman–Crippen MR) is 204 cm³/mol. The molecule has 0 saturated heterocycles. The monoisotopic (exact) mass is 683 g/mol. The summed E-state index contributed by atoms with van der Waals surface area (Å²) in [5.41, 5.74) is 0. The molecule has 0 heterocycles. The van der Waals surface area contributed by atoms with Gasteiger partial charge in [-0.3, -0.25) is 9.59 Å². The van der Waals surface area contributed by atoms with Gasteiger partial charge in [-0.1, -0.05) is 200 Å². The third kappa shape index (κ3) is 32.0. The normalized spacial score (nSPS) is 12.6. The van der Waals surface area contributed by atoms with Crippen LogP contribution in [-0.4, -0.2) is 40.7 Å². The van der Waals surface area contributed by atoms with Gasteiger partial charge in [0.15, 0.2) is 6.10 Å². The van der Waals surface area contributed by atoms with Crippen molar-refractivity contribution in [1.29, 1.82) is 0 Å². The zero-order valence-corrected chi connectivity index (χ0v) is 32.3. The van der Waals surface area contributed by atoms with Crippen LogP contribution >= 0.6 is 12.2 Å². The number of aliphatic hydroxyl groups excluding tert-OH is 1. The highest BCUT2D eigenvalue weighted by atomic mass is 32.1. The van der Waals surface area contributed by atoms with Crippen LogP contribution in [0.15, 0.2) is 0 Å². The fraction of sp³-hybridized carbons (Fsp3) is 0.927. The van der Waals surface area contributed by atoms with E-state index in [0.717, 1.165) is 51.4 Å². The van der Waals surface area contributed by atoms with Crippen LogP contribution in [0.4, 0.5) is 0 Å². The van der Waals surface area contributed by atoms with Gasteiger partial charge in [0.1, 0.15) is 12.7 Å². The van der Waals surface area contributed by atoms with E-state index in [0.29, 0.717) is 24.1 Å². The van der Waals surface area contributed by atoms with Gasteiger partial charge in [0.2, 0.25) is 0 Å². The smallest absolute Gasteiger partial charge is 0.306 e. The van der Waals surface area contributed by atoms with E-state index in [1.54, 1.807) is 0 Å². The number of aliphatic hydroxyl groups is 1. The number of esters is 2. The van der Waals surface area contributed by atoms with Crippen LogP contribution in [0, 0.1) is 0 Å². The molecule has 0 amide bonds. The van der Waals surface area contributed by atoms with E-state index in [1.165, 1.54) is 135 Å². The van der Waals surface area contributed by atoms with Crippen molar-refractivity contribution in [1.82, 2.24) is 0 Å². The van der Waals surface area contributed by atoms with Gasteiger partial charge in [0.05, 0.1) is 0 Å². The van der Waals surface area contributed by atoms with E-state index in [9.17, 15) is 14.7 Å². The van der Waals surface area contributed by atoms with Crippen molar-refractivity contribution in [3.05, 3.63) is 0 Å². The van der Waals surface area contributed by atoms with Crippen molar-refractivity contribution in [2.45, 2.75) is 238 Å². The molecule has 0 aliphatic carbocycles. The van der Waals surface area contributed by atoms with Crippen molar-refractivity contribution >= 4 is 29.0 Å². The summed E-state index contributed by atoms with van der Waals surface area (Å²) in [5, 5.41) is 11.0. The van der Waals surface area contributed by atoms with Crippen LogP contribution in [0.5, 0.6) is 0 Å². The highest BCUT2D eigenvalue weighted by Gasteiger charge is 2.28. The van der Waals surface area contributed by atoms with E-state index in [2.05, 4.69) is 20.8 Å². The Morgan fingerprint density at radius 3 is 1.13 bits per heavy atom. The molecule has 5 nitrogen and oxygen atoms in total. The second-order valence-corrected chi connectivity index (χ2v) is 14.6. The molecule has 1 N–H and O–H groups in total. The summed E-state index contributed by atoms with van der Waals surface area (Å²) in [6.45, 7) is 6.52. The molecule has 278 valence electrons. The first-order valence-corrected chi connectivity index (χ1v) is 20.9. The largest absolute Gasteiger partial charge is 0.463 e. The Hall–Kier alpha value is -1.01. The number of thiocarbonyl (C=S) groups is 1. The lowest BCUT2D eigenvalue weighted by molar-refractivity contribution is -0.156. The average Bonchev–Trinajstić information content (AvgIpc) is 3.06. The molecule has 0 bridgehead atoms. The minimum Gasteiger partial charge on any atom is -0.463 e. The van der Waals surface area contributed by atoms with Gasteiger partial charge in [-0.25, -0.2) is 0 Å². The van der Waals surface area contributed by atoms with Crippen LogP contribution in [0.1, 0.15) is 226 Å². The molecular formula is C41H78O5S. The molecule has 2 atom stereocenters. The maximum atomic E-state index is 12.7. The van der Waals surface area contributed by atoms with Crippen molar-refractivity contribution in [2.75, 3.05) is 6.61 Å². The zero-order chi connectivity index (χ0) is 34.6. The second kappa shape index (κ2) is 36.3. The number of rotatable bonds is 37. The lowest BCUT2D eigenvalue weighted by atomic mass is 10.0. The molecule has 0 aromatic carbocycles. The maximum absolute atomic E-state index is 12.7. The standard InChI is InChI=1S/C41H78O5S/c1-4-7-10-13-16-19-20-21-22-23-24-27-30-33-38(47)41(46-40(44)35-32-29-26-18-15-12-9-6-3)37(42)36-45-39(43)34-31-28-25-17-14-11-8-5-2/h37,41-42H,4-36H2,1-3H3. The molecule has 6 heteroatoms. The molecule has 0 fully saturated rings. The Morgan fingerprint density at radius 2 is 0.766 bits per heavy atom. The third-order valence-corrected chi connectivity index (χ3v) is 9.77. The van der Waals surface area contributed by atoms with Gasteiger partial charge in [0.25, 0.3) is 0 Å². The average molecular weight is 683 g/mol. The number of unbranched alkanes of at least 4 members (excludes halogenated alkanes) is 26. The van der Waals surface area contributed by atoms with Gasteiger partial charge in [-0.15, -0.1) is 0 Å². The third-order valence-electron chi connectivity index (χ3n) is 9.34. The van der Waals surface area contributed by atoms with Crippen molar-refractivity contribution in [3.8, 4) is 0 Å². The number of carbonyl (C=O) groups excluding carboxylic acids is 2. The minimum atomic E-state index is -1.13. The van der Waals surface area contributed by atoms with E-state index >= 15 is 0 Å². The van der Waals surface area contributed by atoms with Crippen molar-refractivity contribution < 1.29 is 24.2 Å². The quantitative estimate of drug-likeness (QED) is 0.0399. The van der Waals surface area contributed by atoms with Crippen molar-refractivity contribution in [2.24, 2.45) is 0 Å². The summed E-state index contributed by atoms with van der Waals surface area (Å²) in [7, 11) is 0. The SMILES string of the molecule is CCCCCCCCCCCCCCCC(=S)C(OC(=O)CCCCCCCCCC)C(O)COC(=O)CCCCCCCCCC. The lowest BCUT2D eigenvalue weighted by Gasteiger charge is -2.24. The maximum Gasteiger partial charge on any atom is 0.306 e. The van der Waals surface area contributed by atoms with E-state index in [1.807, 2.05) is 0 Å². The fourth-order valence-corrected chi connectivity index (χ4v) is 6.51. The Kier molecular flexibility index (Phi) is 35.5. The first kappa shape index (κ1) is 46.0. The summed E-state index contributed by atoms with van der Waals surface area (Å²) in [6.07, 6.45) is 34.4. The molecule has 0 aromatic rings. The Morgan fingerprint density at radius 1 is 0.468 bits per heavy atom. The summed E-state index contributed by atoms with van der Waals surface area (Å²) >= 11 is 5.70. The van der Waals surface area contributed by atoms with Crippen LogP contribution in [0.25, 0.3) is 0 Å². The van der Waals surface area contributed by atoms with Crippen molar-refractivity contribution in [3.63, 3.8) is 0 Å². The first-order chi connectivity index (χ1) is 23.0. The number of carbonyl (C=O) groups is 2. The molecule has 47 heavy (non-hydrogen) atoms. The van der Waals surface area contributed by atoms with Gasteiger partial charge < -0.3 is 14.6 Å². The van der Waals surface area contributed by atoms with Crippen LogP contribution < -0.4 is 0 Å². The summed E-state index contributed by atoms with van der Waals surface area (Å²) in [6, 6.07) is 0. The number of ether oxygens (including phenoxy) is 2. The van der Waals surface area contributed by atoms with E-state index in [4.69, 9.17) is 21.7 Å². The molecule has 0 rings (SSSR count). The van der Waals surface area contributed by atoms with Gasteiger partial charge >= 0.3 is 11.9 Å². The zero-order valence-electron chi connectivity index (χ0n) is 31.5.